The lowest BCUT2D eigenvalue weighted by Crippen LogP contribution is -2.42. The number of ether oxygens (including phenoxy) is 1. The van der Waals surface area contributed by atoms with E-state index < -0.39 is 0 Å². The number of hydrogen-bond acceptors (Lipinski definition) is 3. The first-order valence-corrected chi connectivity index (χ1v) is 6.96. The Morgan fingerprint density at radius 1 is 1.30 bits per heavy atom. The van der Waals surface area contributed by atoms with E-state index in [4.69, 9.17) is 0 Å². The van der Waals surface area contributed by atoms with E-state index in [1.165, 1.54) is 12.7 Å². The fraction of sp³-hybridized carbons (Fsp3) is 0.500. The van der Waals surface area contributed by atoms with Crippen molar-refractivity contribution >= 4 is 11.9 Å². The van der Waals surface area contributed by atoms with Gasteiger partial charge in [-0.3, -0.25) is 9.59 Å². The summed E-state index contributed by atoms with van der Waals surface area (Å²) in [6.07, 6.45) is 0.868. The largest absolute Gasteiger partial charge is 0.468 e. The van der Waals surface area contributed by atoms with Crippen molar-refractivity contribution in [2.24, 2.45) is 5.92 Å². The van der Waals surface area contributed by atoms with Crippen LogP contribution in [-0.2, 0) is 14.3 Å². The zero-order valence-corrected chi connectivity index (χ0v) is 12.2. The maximum atomic E-state index is 12.5. The average molecular weight is 275 g/mol. The van der Waals surface area contributed by atoms with Gasteiger partial charge in [-0.05, 0) is 31.7 Å². The van der Waals surface area contributed by atoms with Gasteiger partial charge in [0.1, 0.15) is 6.54 Å². The minimum Gasteiger partial charge on any atom is -0.468 e. The molecule has 0 saturated heterocycles. The van der Waals surface area contributed by atoms with Gasteiger partial charge in [-0.15, -0.1) is 0 Å². The first-order valence-electron chi connectivity index (χ1n) is 6.96. The fourth-order valence-corrected chi connectivity index (χ4v) is 2.47. The Morgan fingerprint density at radius 2 is 1.95 bits per heavy atom. The van der Waals surface area contributed by atoms with Crippen molar-refractivity contribution in [2.45, 2.75) is 32.2 Å². The molecule has 0 heterocycles. The molecule has 20 heavy (non-hydrogen) atoms. The standard InChI is InChI=1S/C16H21NO3/c1-11(2)17(10-15(18)20-3)16(19)14-9-13(14)12-7-5-4-6-8-12/h4-8,11,13-14H,9-10H2,1-3H3. The Hall–Kier alpha value is -1.84. The molecule has 1 aliphatic carbocycles. The summed E-state index contributed by atoms with van der Waals surface area (Å²) in [6.45, 7) is 3.87. The molecule has 2 rings (SSSR count). The predicted molar refractivity (Wildman–Crippen MR) is 76.2 cm³/mol. The van der Waals surface area contributed by atoms with E-state index in [2.05, 4.69) is 16.9 Å². The molecule has 0 aliphatic heterocycles. The topological polar surface area (TPSA) is 46.6 Å². The summed E-state index contributed by atoms with van der Waals surface area (Å²) in [5.74, 6) is -0.0183. The fourth-order valence-electron chi connectivity index (χ4n) is 2.47. The lowest BCUT2D eigenvalue weighted by atomic mass is 10.1. The van der Waals surface area contributed by atoms with Crippen LogP contribution in [0.1, 0.15) is 31.7 Å². The number of carbonyl (C=O) groups is 2. The monoisotopic (exact) mass is 275 g/mol. The number of esters is 1. The molecule has 2 atom stereocenters. The molecule has 0 bridgehead atoms. The van der Waals surface area contributed by atoms with Crippen LogP contribution in [-0.4, -0.2) is 36.5 Å². The molecular formula is C16H21NO3. The minimum atomic E-state index is -0.371. The van der Waals surface area contributed by atoms with Crippen molar-refractivity contribution in [1.29, 1.82) is 0 Å². The molecule has 1 amide bonds. The summed E-state index contributed by atoms with van der Waals surface area (Å²) in [6, 6.07) is 10.1. The van der Waals surface area contributed by atoms with E-state index in [1.54, 1.807) is 4.90 Å². The Labute approximate surface area is 119 Å². The van der Waals surface area contributed by atoms with Gasteiger partial charge in [0.05, 0.1) is 7.11 Å². The van der Waals surface area contributed by atoms with Gasteiger partial charge >= 0.3 is 5.97 Å². The number of amides is 1. The number of hydrogen-bond donors (Lipinski definition) is 0. The number of carbonyl (C=O) groups excluding carboxylic acids is 2. The number of rotatable bonds is 5. The molecule has 0 aromatic heterocycles. The van der Waals surface area contributed by atoms with Crippen molar-refractivity contribution in [1.82, 2.24) is 4.90 Å². The third-order valence-electron chi connectivity index (χ3n) is 3.77. The first kappa shape index (κ1) is 14.6. The Morgan fingerprint density at radius 3 is 2.50 bits per heavy atom. The molecule has 1 aliphatic rings. The van der Waals surface area contributed by atoms with Gasteiger partial charge in [-0.25, -0.2) is 0 Å². The summed E-state index contributed by atoms with van der Waals surface area (Å²) in [4.78, 5) is 25.5. The molecule has 108 valence electrons. The first-order chi connectivity index (χ1) is 9.54. The zero-order valence-electron chi connectivity index (χ0n) is 12.2. The van der Waals surface area contributed by atoms with Crippen LogP contribution >= 0.6 is 0 Å². The van der Waals surface area contributed by atoms with Crippen LogP contribution in [0.2, 0.25) is 0 Å². The van der Waals surface area contributed by atoms with E-state index in [1.807, 2.05) is 32.0 Å². The summed E-state index contributed by atoms with van der Waals surface area (Å²) < 4.78 is 4.66. The van der Waals surface area contributed by atoms with Crippen LogP contribution in [0.5, 0.6) is 0 Å². The third kappa shape index (κ3) is 3.18. The molecule has 1 aromatic rings. The second kappa shape index (κ2) is 6.07. The van der Waals surface area contributed by atoms with Crippen molar-refractivity contribution < 1.29 is 14.3 Å². The van der Waals surface area contributed by atoms with Crippen molar-refractivity contribution in [3.05, 3.63) is 35.9 Å². The molecule has 4 nitrogen and oxygen atoms in total. The zero-order chi connectivity index (χ0) is 14.7. The highest BCUT2D eigenvalue weighted by molar-refractivity contribution is 5.86. The third-order valence-corrected chi connectivity index (χ3v) is 3.77. The molecule has 0 N–H and O–H groups in total. The van der Waals surface area contributed by atoms with E-state index in [-0.39, 0.29) is 30.4 Å². The van der Waals surface area contributed by atoms with Gasteiger partial charge in [-0.2, -0.15) is 0 Å². The highest BCUT2D eigenvalue weighted by Gasteiger charge is 2.46. The van der Waals surface area contributed by atoms with E-state index in [9.17, 15) is 9.59 Å². The summed E-state index contributed by atoms with van der Waals surface area (Å²) in [5, 5.41) is 0. The Balaban J connectivity index is 2.02. The van der Waals surface area contributed by atoms with Gasteiger partial charge in [0, 0.05) is 12.0 Å². The van der Waals surface area contributed by atoms with Gasteiger partial charge in [0.15, 0.2) is 0 Å². The maximum Gasteiger partial charge on any atom is 0.325 e. The molecular weight excluding hydrogens is 254 g/mol. The molecule has 1 aromatic carbocycles. The number of methoxy groups -OCH3 is 1. The van der Waals surface area contributed by atoms with Gasteiger partial charge in [-0.1, -0.05) is 30.3 Å². The average Bonchev–Trinajstić information content (AvgIpc) is 3.24. The maximum absolute atomic E-state index is 12.5. The molecule has 4 heteroatoms. The summed E-state index contributed by atoms with van der Waals surface area (Å²) in [7, 11) is 1.34. The SMILES string of the molecule is COC(=O)CN(C(=O)C1CC1c1ccccc1)C(C)C. The summed E-state index contributed by atoms with van der Waals surface area (Å²) >= 11 is 0. The predicted octanol–water partition coefficient (Wildman–Crippen LogP) is 2.20. The molecule has 1 fully saturated rings. The van der Waals surface area contributed by atoms with E-state index in [0.29, 0.717) is 5.92 Å². The lowest BCUT2D eigenvalue weighted by molar-refractivity contribution is -0.148. The lowest BCUT2D eigenvalue weighted by Gasteiger charge is -2.25. The summed E-state index contributed by atoms with van der Waals surface area (Å²) in [5.41, 5.74) is 1.20. The number of nitrogens with zero attached hydrogens (tertiary/aromatic N) is 1. The van der Waals surface area contributed by atoms with Crippen LogP contribution in [0, 0.1) is 5.92 Å². The molecule has 0 spiro atoms. The normalized spacial score (nSPS) is 20.6. The van der Waals surface area contributed by atoms with Crippen LogP contribution in [0.3, 0.4) is 0 Å². The molecule has 0 radical (unpaired) electrons. The van der Waals surface area contributed by atoms with E-state index >= 15 is 0 Å². The molecule has 1 saturated carbocycles. The van der Waals surface area contributed by atoms with Crippen LogP contribution in [0.15, 0.2) is 30.3 Å². The quantitative estimate of drug-likeness (QED) is 0.774. The smallest absolute Gasteiger partial charge is 0.325 e. The van der Waals surface area contributed by atoms with Crippen molar-refractivity contribution in [3.8, 4) is 0 Å². The van der Waals surface area contributed by atoms with Crippen molar-refractivity contribution in [2.75, 3.05) is 13.7 Å². The number of benzene rings is 1. The second-order valence-electron chi connectivity index (χ2n) is 5.50. The molecule has 2 unspecified atom stereocenters. The van der Waals surface area contributed by atoms with Crippen molar-refractivity contribution in [3.63, 3.8) is 0 Å². The van der Waals surface area contributed by atoms with Crippen LogP contribution in [0.25, 0.3) is 0 Å². The van der Waals surface area contributed by atoms with Crippen LogP contribution in [0.4, 0.5) is 0 Å². The van der Waals surface area contributed by atoms with Gasteiger partial charge in [0.2, 0.25) is 5.91 Å². The van der Waals surface area contributed by atoms with Crippen LogP contribution < -0.4 is 0 Å². The minimum absolute atomic E-state index is 0.00127. The van der Waals surface area contributed by atoms with Gasteiger partial charge in [0.25, 0.3) is 0 Å². The highest BCUT2D eigenvalue weighted by atomic mass is 16.5. The second-order valence-corrected chi connectivity index (χ2v) is 5.50. The Bertz CT molecular complexity index is 484. The van der Waals surface area contributed by atoms with E-state index in [0.717, 1.165) is 6.42 Å². The highest BCUT2D eigenvalue weighted by Crippen LogP contribution is 2.48. The van der Waals surface area contributed by atoms with Gasteiger partial charge < -0.3 is 9.64 Å². The Kier molecular flexibility index (Phi) is 4.42.